The summed E-state index contributed by atoms with van der Waals surface area (Å²) in [7, 11) is 0. The average Bonchev–Trinajstić information content (AvgIpc) is 3.23. The summed E-state index contributed by atoms with van der Waals surface area (Å²) in [4.78, 5) is 17.2. The molecule has 27 heavy (non-hydrogen) atoms. The second-order valence-corrected chi connectivity index (χ2v) is 6.16. The van der Waals surface area contributed by atoms with E-state index in [1.165, 1.54) is 23.1 Å². The van der Waals surface area contributed by atoms with E-state index in [9.17, 15) is 18.0 Å². The molecule has 0 aliphatic heterocycles. The van der Waals surface area contributed by atoms with Gasteiger partial charge >= 0.3 is 6.18 Å². The molecule has 0 fully saturated rings. The van der Waals surface area contributed by atoms with Gasteiger partial charge in [0.15, 0.2) is 0 Å². The lowest BCUT2D eigenvalue weighted by atomic mass is 10.3. The highest BCUT2D eigenvalue weighted by Gasteiger charge is 2.35. The van der Waals surface area contributed by atoms with Crippen molar-refractivity contribution < 1.29 is 22.4 Å². The number of amides is 1. The lowest BCUT2D eigenvalue weighted by Crippen LogP contribution is -2.39. The predicted molar refractivity (Wildman–Crippen MR) is 90.6 cm³/mol. The molecule has 0 N–H and O–H groups in total. The van der Waals surface area contributed by atoms with Gasteiger partial charge in [-0.1, -0.05) is 11.6 Å². The van der Waals surface area contributed by atoms with Gasteiger partial charge in [-0.2, -0.15) is 13.2 Å². The first-order chi connectivity index (χ1) is 12.7. The van der Waals surface area contributed by atoms with Gasteiger partial charge in [-0.25, -0.2) is 9.67 Å². The number of rotatable bonds is 5. The highest BCUT2D eigenvalue weighted by Crippen LogP contribution is 2.20. The molecule has 3 aromatic rings. The third-order valence-electron chi connectivity index (χ3n) is 3.62. The zero-order valence-electron chi connectivity index (χ0n) is 14.1. The molecule has 2 heterocycles. The molecule has 0 radical (unpaired) electrons. The van der Waals surface area contributed by atoms with Crippen molar-refractivity contribution in [3.05, 3.63) is 65.1 Å². The molecule has 1 aromatic carbocycles. The smallest absolute Gasteiger partial charge is 0.406 e. The quantitative estimate of drug-likeness (QED) is 0.651. The van der Waals surface area contributed by atoms with Crippen LogP contribution in [0.2, 0.25) is 5.02 Å². The zero-order chi connectivity index (χ0) is 19.6. The molecular formula is C17H14ClF3N4O2. The van der Waals surface area contributed by atoms with Gasteiger partial charge in [0.2, 0.25) is 5.82 Å². The summed E-state index contributed by atoms with van der Waals surface area (Å²) >= 11 is 5.84. The van der Waals surface area contributed by atoms with E-state index in [0.29, 0.717) is 21.4 Å². The lowest BCUT2D eigenvalue weighted by molar-refractivity contribution is -0.142. The number of hydrogen-bond acceptors (Lipinski definition) is 4. The molecule has 0 aliphatic carbocycles. The monoisotopic (exact) mass is 398 g/mol. The predicted octanol–water partition coefficient (Wildman–Crippen LogP) is 4.03. The van der Waals surface area contributed by atoms with Crippen LogP contribution in [0.5, 0.6) is 0 Å². The van der Waals surface area contributed by atoms with Crippen molar-refractivity contribution in [2.45, 2.75) is 19.6 Å². The van der Waals surface area contributed by atoms with Crippen molar-refractivity contribution in [1.29, 1.82) is 0 Å². The molecule has 2 aromatic heterocycles. The van der Waals surface area contributed by atoms with Crippen LogP contribution in [0.4, 0.5) is 13.2 Å². The van der Waals surface area contributed by atoms with E-state index in [4.69, 9.17) is 16.0 Å². The van der Waals surface area contributed by atoms with Gasteiger partial charge in [0.1, 0.15) is 18.1 Å². The molecule has 0 spiro atoms. The summed E-state index contributed by atoms with van der Waals surface area (Å²) in [6.07, 6.45) is -3.25. The fourth-order valence-electron chi connectivity index (χ4n) is 2.46. The summed E-state index contributed by atoms with van der Waals surface area (Å²) < 4.78 is 45.2. The molecule has 0 saturated carbocycles. The Labute approximate surface area is 157 Å². The number of alkyl halides is 3. The average molecular weight is 399 g/mol. The number of carbonyl (C=O) groups excluding carboxylic acids is 1. The van der Waals surface area contributed by atoms with E-state index < -0.39 is 18.6 Å². The summed E-state index contributed by atoms with van der Waals surface area (Å²) in [6.45, 7) is -0.194. The van der Waals surface area contributed by atoms with Crippen LogP contribution < -0.4 is 0 Å². The molecule has 0 bridgehead atoms. The van der Waals surface area contributed by atoms with Gasteiger partial charge in [0.05, 0.1) is 18.5 Å². The van der Waals surface area contributed by atoms with Gasteiger partial charge in [0.25, 0.3) is 5.91 Å². The number of halogens is 4. The van der Waals surface area contributed by atoms with E-state index in [1.54, 1.807) is 31.2 Å². The van der Waals surface area contributed by atoms with Crippen LogP contribution in [0.3, 0.4) is 0 Å². The normalized spacial score (nSPS) is 11.6. The Kier molecular flexibility index (Phi) is 5.22. The number of aromatic nitrogens is 3. The van der Waals surface area contributed by atoms with Crippen LogP contribution in [0, 0.1) is 6.92 Å². The van der Waals surface area contributed by atoms with Crippen molar-refractivity contribution in [2.24, 2.45) is 0 Å². The van der Waals surface area contributed by atoms with Gasteiger partial charge in [0, 0.05) is 5.02 Å². The van der Waals surface area contributed by atoms with E-state index in [-0.39, 0.29) is 18.1 Å². The maximum atomic E-state index is 12.9. The molecule has 0 saturated heterocycles. The maximum Gasteiger partial charge on any atom is 0.406 e. The molecule has 0 unspecified atom stereocenters. The van der Waals surface area contributed by atoms with Crippen molar-refractivity contribution in [2.75, 3.05) is 6.54 Å². The first-order valence-corrected chi connectivity index (χ1v) is 8.19. The third-order valence-corrected chi connectivity index (χ3v) is 3.87. The Bertz CT molecular complexity index is 921. The second kappa shape index (κ2) is 7.43. The molecule has 0 atom stereocenters. The van der Waals surface area contributed by atoms with E-state index >= 15 is 0 Å². The fraction of sp³-hybridized carbons (Fsp3) is 0.235. The molecule has 1 amide bonds. The minimum Gasteiger partial charge on any atom is -0.467 e. The van der Waals surface area contributed by atoms with E-state index in [2.05, 4.69) is 10.1 Å². The van der Waals surface area contributed by atoms with Crippen molar-refractivity contribution >= 4 is 17.5 Å². The third kappa shape index (κ3) is 4.68. The lowest BCUT2D eigenvalue weighted by Gasteiger charge is -2.21. The van der Waals surface area contributed by atoms with Gasteiger partial charge in [-0.05, 0) is 43.3 Å². The standard InChI is InChI=1S/C17H14ClF3N4O2/c1-11-22-15(23-25(11)13-6-4-12(18)5-7-13)16(26)24(10-17(19,20)21)9-14-3-2-8-27-14/h2-8H,9-10H2,1H3. The Hall–Kier alpha value is -2.81. The molecule has 3 rings (SSSR count). The Morgan fingerprint density at radius 2 is 1.96 bits per heavy atom. The van der Waals surface area contributed by atoms with Crippen LogP contribution in [0.25, 0.3) is 5.69 Å². The number of carbonyl (C=O) groups is 1. The largest absolute Gasteiger partial charge is 0.467 e. The Morgan fingerprint density at radius 3 is 2.56 bits per heavy atom. The van der Waals surface area contributed by atoms with Gasteiger partial charge in [-0.15, -0.1) is 5.10 Å². The SMILES string of the molecule is Cc1nc(C(=O)N(Cc2ccco2)CC(F)(F)F)nn1-c1ccc(Cl)cc1. The first-order valence-electron chi connectivity index (χ1n) is 7.81. The first kappa shape index (κ1) is 19.0. The zero-order valence-corrected chi connectivity index (χ0v) is 14.8. The van der Waals surface area contributed by atoms with Gasteiger partial charge in [-0.3, -0.25) is 4.79 Å². The van der Waals surface area contributed by atoms with Crippen molar-refractivity contribution in [3.63, 3.8) is 0 Å². The highest BCUT2D eigenvalue weighted by atomic mass is 35.5. The number of aryl methyl sites for hydroxylation is 1. The summed E-state index contributed by atoms with van der Waals surface area (Å²) in [5, 5.41) is 4.58. The van der Waals surface area contributed by atoms with Crippen LogP contribution in [-0.4, -0.2) is 38.3 Å². The summed E-state index contributed by atoms with van der Waals surface area (Å²) in [5.74, 6) is -0.704. The number of nitrogens with zero attached hydrogens (tertiary/aromatic N) is 4. The molecular weight excluding hydrogens is 385 g/mol. The number of benzene rings is 1. The van der Waals surface area contributed by atoms with Crippen LogP contribution in [0.1, 0.15) is 22.2 Å². The number of furan rings is 1. The van der Waals surface area contributed by atoms with Gasteiger partial charge < -0.3 is 9.32 Å². The van der Waals surface area contributed by atoms with Crippen molar-refractivity contribution in [1.82, 2.24) is 19.7 Å². The topological polar surface area (TPSA) is 64.2 Å². The minimum atomic E-state index is -4.57. The molecule has 6 nitrogen and oxygen atoms in total. The summed E-state index contributed by atoms with van der Waals surface area (Å²) in [5.41, 5.74) is 0.580. The van der Waals surface area contributed by atoms with E-state index in [1.807, 2.05) is 0 Å². The fourth-order valence-corrected chi connectivity index (χ4v) is 2.58. The minimum absolute atomic E-state index is 0.224. The van der Waals surface area contributed by atoms with Crippen LogP contribution in [0.15, 0.2) is 47.1 Å². The number of hydrogen-bond donors (Lipinski definition) is 0. The summed E-state index contributed by atoms with van der Waals surface area (Å²) in [6, 6.07) is 9.60. The Balaban J connectivity index is 1.89. The van der Waals surface area contributed by atoms with Crippen LogP contribution >= 0.6 is 11.6 Å². The molecule has 142 valence electrons. The van der Waals surface area contributed by atoms with E-state index in [0.717, 1.165) is 0 Å². The second-order valence-electron chi connectivity index (χ2n) is 5.73. The Morgan fingerprint density at radius 1 is 1.26 bits per heavy atom. The van der Waals surface area contributed by atoms with Crippen molar-refractivity contribution in [3.8, 4) is 5.69 Å². The molecule has 0 aliphatic rings. The maximum absolute atomic E-state index is 12.9. The molecule has 10 heteroatoms. The van der Waals surface area contributed by atoms with Crippen LogP contribution in [-0.2, 0) is 6.54 Å². The highest BCUT2D eigenvalue weighted by molar-refractivity contribution is 6.30.